The first-order chi connectivity index (χ1) is 18.1. The summed E-state index contributed by atoms with van der Waals surface area (Å²) in [4.78, 5) is 31.4. The van der Waals surface area contributed by atoms with E-state index in [0.717, 1.165) is 51.9 Å². The third-order valence-electron chi connectivity index (χ3n) is 6.74. The van der Waals surface area contributed by atoms with Gasteiger partial charge in [-0.1, -0.05) is 12.1 Å². The quantitative estimate of drug-likeness (QED) is 0.138. The molecule has 0 radical (unpaired) electrons. The van der Waals surface area contributed by atoms with Crippen LogP contribution in [-0.2, 0) is 0 Å². The van der Waals surface area contributed by atoms with E-state index in [2.05, 4.69) is 20.4 Å². The molecule has 14 nitrogen and oxygen atoms in total. The van der Waals surface area contributed by atoms with Gasteiger partial charge in [0.05, 0.1) is 18.4 Å². The maximum absolute atomic E-state index is 12.7. The van der Waals surface area contributed by atoms with Gasteiger partial charge in [0.15, 0.2) is 0 Å². The van der Waals surface area contributed by atoms with Crippen molar-refractivity contribution in [2.75, 3.05) is 53.7 Å². The van der Waals surface area contributed by atoms with Crippen LogP contribution in [0.2, 0.25) is 0 Å². The molecule has 1 amide bonds. The molecule has 3 heterocycles. The molecule has 0 saturated carbocycles. The smallest absolute Gasteiger partial charge is 0.259 e. The topological polar surface area (TPSA) is 256 Å². The number of carbonyl (C=O) groups is 1. The van der Waals surface area contributed by atoms with Crippen molar-refractivity contribution >= 4 is 47.5 Å². The molecule has 15 N–H and O–H groups in total. The highest BCUT2D eigenvalue weighted by atomic mass is 35.5. The first-order valence-electron chi connectivity index (χ1n) is 12.9. The van der Waals surface area contributed by atoms with Gasteiger partial charge in [-0.2, -0.15) is 15.0 Å². The molecule has 0 unspecified atom stereocenters. The van der Waals surface area contributed by atoms with Crippen molar-refractivity contribution in [1.82, 2.24) is 39.6 Å². The van der Waals surface area contributed by atoms with Crippen LogP contribution in [0.25, 0.3) is 0 Å². The lowest BCUT2D eigenvalue weighted by molar-refractivity contribution is 0.102. The zero-order valence-corrected chi connectivity index (χ0v) is 25.2. The number of nitrogens with zero attached hydrogens (tertiary/aromatic N) is 5. The number of piperidine rings is 2. The van der Waals surface area contributed by atoms with Crippen molar-refractivity contribution in [2.45, 2.75) is 38.5 Å². The second kappa shape index (κ2) is 17.8. The predicted octanol–water partition coefficient (Wildman–Crippen LogP) is 6.62. The van der Waals surface area contributed by atoms with Crippen molar-refractivity contribution in [2.24, 2.45) is 0 Å². The zero-order valence-electron chi connectivity index (χ0n) is 24.3. The van der Waals surface area contributed by atoms with Gasteiger partial charge in [0.25, 0.3) is 5.91 Å². The fourth-order valence-electron chi connectivity index (χ4n) is 4.75. The molecule has 15 heteroatoms. The Morgan fingerprint density at radius 2 is 1.38 bits per heavy atom. The number of aromatic nitrogens is 3. The van der Waals surface area contributed by atoms with Crippen LogP contribution >= 0.6 is 12.4 Å². The van der Waals surface area contributed by atoms with E-state index in [1.165, 1.54) is 20.0 Å². The average Bonchev–Trinajstić information content (AvgIpc) is 2.95. The van der Waals surface area contributed by atoms with Crippen molar-refractivity contribution in [3.05, 3.63) is 48.0 Å². The number of carbonyl (C=O) groups excluding carboxylic acids is 1. The summed E-state index contributed by atoms with van der Waals surface area (Å²) < 4.78 is 5.27. The van der Waals surface area contributed by atoms with Crippen LogP contribution in [-0.4, -0.2) is 59.3 Å². The van der Waals surface area contributed by atoms with Gasteiger partial charge in [-0.25, -0.2) is 0 Å². The summed E-state index contributed by atoms with van der Waals surface area (Å²) in [5.41, 5.74) is 1.28. The van der Waals surface area contributed by atoms with E-state index in [1.54, 1.807) is 42.5 Å². The Balaban J connectivity index is -0.000000623. The fraction of sp³-hybridized carbons (Fsp3) is 0.407. The Labute approximate surface area is 259 Å². The van der Waals surface area contributed by atoms with Crippen LogP contribution in [0.5, 0.6) is 11.5 Å². The summed E-state index contributed by atoms with van der Waals surface area (Å²) in [5, 5.41) is 16.6. The molecular weight excluding hydrogens is 562 g/mol. The standard InChI is InChI=1S/C27H33N7O3.ClH.4H3N.4H2/c1-37-23-11-5-4-10-20(23)24(36)29-21-13-12-19(18-22(21)35)28-25-30-26(33-14-6-2-7-15-33)32-27(31-25)34-16-8-3-9-17-34;;;;;;;;;/h4-5,10-13,18,35H,2-3,6-9,14-17H2,1H3,(H,29,36)(H,28,30,31,32);1H;4*1H3;4*1H. The van der Waals surface area contributed by atoms with Gasteiger partial charge >= 0.3 is 0 Å². The number of para-hydroxylation sites is 1. The predicted molar refractivity (Wildman–Crippen MR) is 180 cm³/mol. The lowest BCUT2D eigenvalue weighted by Gasteiger charge is -2.30. The molecule has 0 bridgehead atoms. The minimum absolute atomic E-state index is 0. The Kier molecular flexibility index (Phi) is 16.1. The van der Waals surface area contributed by atoms with Gasteiger partial charge in [0.2, 0.25) is 17.8 Å². The van der Waals surface area contributed by atoms with Gasteiger partial charge in [-0.05, 0) is 62.8 Å². The van der Waals surface area contributed by atoms with E-state index < -0.39 is 0 Å². The van der Waals surface area contributed by atoms with E-state index in [0.29, 0.717) is 40.5 Å². The van der Waals surface area contributed by atoms with Crippen LogP contribution in [0.3, 0.4) is 0 Å². The van der Waals surface area contributed by atoms with Gasteiger partial charge in [0.1, 0.15) is 11.5 Å². The molecular formula is C27H54ClN11O3. The second-order valence-corrected chi connectivity index (χ2v) is 9.37. The first-order valence-corrected chi connectivity index (χ1v) is 12.9. The van der Waals surface area contributed by atoms with Crippen LogP contribution in [0, 0.1) is 0 Å². The Morgan fingerprint density at radius 1 is 0.833 bits per heavy atom. The summed E-state index contributed by atoms with van der Waals surface area (Å²) in [6.45, 7) is 3.74. The maximum atomic E-state index is 12.7. The van der Waals surface area contributed by atoms with Gasteiger partial charge in [-0.15, -0.1) is 12.4 Å². The number of rotatable bonds is 7. The number of aromatic hydroxyl groups is 1. The largest absolute Gasteiger partial charge is 0.506 e. The average molecular weight is 616 g/mol. The molecule has 1 aromatic heterocycles. The molecule has 2 aliphatic heterocycles. The molecule has 3 aromatic rings. The fourth-order valence-corrected chi connectivity index (χ4v) is 4.75. The summed E-state index contributed by atoms with van der Waals surface area (Å²) in [7, 11) is 1.51. The SMILES string of the molecule is COc1ccccc1C(=O)Nc1ccc(Nc2nc(N3CCCCC3)nc(N3CCCCC3)n2)cc1O.Cl.N.N.N.N.[HH].[HH].[HH].[HH]. The Bertz CT molecular complexity index is 1240. The van der Waals surface area contributed by atoms with E-state index in [9.17, 15) is 9.90 Å². The summed E-state index contributed by atoms with van der Waals surface area (Å²) in [6.07, 6.45) is 6.97. The normalized spacial score (nSPS) is 13.9. The summed E-state index contributed by atoms with van der Waals surface area (Å²) >= 11 is 0. The number of hydrogen-bond donors (Lipinski definition) is 7. The minimum atomic E-state index is -0.372. The van der Waals surface area contributed by atoms with E-state index >= 15 is 0 Å². The maximum Gasteiger partial charge on any atom is 0.259 e. The molecule has 242 valence electrons. The number of anilines is 5. The van der Waals surface area contributed by atoms with Crippen molar-refractivity contribution in [3.63, 3.8) is 0 Å². The van der Waals surface area contributed by atoms with Crippen molar-refractivity contribution < 1.29 is 20.3 Å². The second-order valence-electron chi connectivity index (χ2n) is 9.37. The van der Waals surface area contributed by atoms with Crippen LogP contribution in [0.1, 0.15) is 54.6 Å². The molecule has 2 aromatic carbocycles. The number of benzene rings is 2. The van der Waals surface area contributed by atoms with Crippen LogP contribution in [0.4, 0.5) is 29.2 Å². The monoisotopic (exact) mass is 615 g/mol. The van der Waals surface area contributed by atoms with Gasteiger partial charge in [-0.3, -0.25) is 4.79 Å². The minimum Gasteiger partial charge on any atom is -0.506 e. The lowest BCUT2D eigenvalue weighted by Crippen LogP contribution is -2.34. The molecule has 2 saturated heterocycles. The Hall–Kier alpha value is -3.95. The zero-order chi connectivity index (χ0) is 25.6. The van der Waals surface area contributed by atoms with Crippen molar-refractivity contribution in [3.8, 4) is 11.5 Å². The number of hydrogen-bond acceptors (Lipinski definition) is 13. The van der Waals surface area contributed by atoms with Crippen LogP contribution < -0.4 is 49.8 Å². The van der Waals surface area contributed by atoms with Gasteiger partial charge in [0, 0.05) is 43.6 Å². The van der Waals surface area contributed by atoms with E-state index in [4.69, 9.17) is 19.7 Å². The molecule has 2 aliphatic rings. The number of phenols is 1. The lowest BCUT2D eigenvalue weighted by atomic mass is 10.1. The number of amides is 1. The first kappa shape index (κ1) is 38.0. The highest BCUT2D eigenvalue weighted by Gasteiger charge is 2.21. The van der Waals surface area contributed by atoms with Crippen molar-refractivity contribution in [1.29, 1.82) is 0 Å². The molecule has 0 atom stereocenters. The van der Waals surface area contributed by atoms with E-state index in [-0.39, 0.29) is 54.4 Å². The molecule has 0 spiro atoms. The number of phenolic OH excluding ortho intramolecular Hbond substituents is 1. The molecule has 5 rings (SSSR count). The highest BCUT2D eigenvalue weighted by Crippen LogP contribution is 2.30. The van der Waals surface area contributed by atoms with E-state index in [1.807, 2.05) is 0 Å². The molecule has 42 heavy (non-hydrogen) atoms. The number of methoxy groups -OCH3 is 1. The van der Waals surface area contributed by atoms with Gasteiger partial charge < -0.3 is 54.9 Å². The number of nitrogens with one attached hydrogen (secondary N) is 2. The highest BCUT2D eigenvalue weighted by molar-refractivity contribution is 6.07. The molecule has 0 aliphatic carbocycles. The molecule has 2 fully saturated rings. The summed E-state index contributed by atoms with van der Waals surface area (Å²) in [6, 6.07) is 11.9. The third-order valence-corrected chi connectivity index (χ3v) is 6.74. The van der Waals surface area contributed by atoms with Crippen LogP contribution in [0.15, 0.2) is 42.5 Å². The Morgan fingerprint density at radius 3 is 1.90 bits per heavy atom. The number of ether oxygens (including phenoxy) is 1. The third kappa shape index (κ3) is 9.03. The summed E-state index contributed by atoms with van der Waals surface area (Å²) in [5.74, 6) is 1.81. The number of halogens is 1.